The van der Waals surface area contributed by atoms with E-state index in [1.165, 1.54) is 0 Å². The fourth-order valence-corrected chi connectivity index (χ4v) is 2.10. The molecule has 0 aliphatic heterocycles. The molecule has 1 aromatic carbocycles. The van der Waals surface area contributed by atoms with Crippen molar-refractivity contribution < 1.29 is 14.5 Å². The normalized spacial score (nSPS) is 12.2. The molecule has 0 bridgehead atoms. The summed E-state index contributed by atoms with van der Waals surface area (Å²) in [5, 5.41) is 5.38. The topological polar surface area (TPSA) is 58.9 Å². The zero-order valence-electron chi connectivity index (χ0n) is 10.9. The van der Waals surface area contributed by atoms with Gasteiger partial charge in [-0.25, -0.2) is 0 Å². The third-order valence-corrected chi connectivity index (χ3v) is 3.69. The molecule has 0 aliphatic carbocycles. The van der Waals surface area contributed by atoms with Gasteiger partial charge in [-0.1, -0.05) is 29.3 Å². The van der Waals surface area contributed by atoms with Crippen molar-refractivity contribution in [3.63, 3.8) is 0 Å². The minimum Gasteiger partial charge on any atom is -0.463 e. The Balaban J connectivity index is 1.88. The molecule has 0 aliphatic rings. The zero-order valence-corrected chi connectivity index (χ0v) is 12.4. The van der Waals surface area contributed by atoms with Crippen LogP contribution in [0.15, 0.2) is 41.0 Å². The summed E-state index contributed by atoms with van der Waals surface area (Å²) in [5.74, 6) is 0.686. The number of carbonyl (C=O) groups is 1. The van der Waals surface area contributed by atoms with Crippen LogP contribution >= 0.6 is 23.2 Å². The molecule has 106 valence electrons. The van der Waals surface area contributed by atoms with Gasteiger partial charge in [-0.2, -0.15) is 0 Å². The number of hydrogen-bond acceptors (Lipinski definition) is 2. The van der Waals surface area contributed by atoms with E-state index >= 15 is 0 Å². The molecule has 20 heavy (non-hydrogen) atoms. The maximum Gasteiger partial charge on any atom is 0.279 e. The molecule has 1 atom stereocenters. The van der Waals surface area contributed by atoms with Gasteiger partial charge < -0.3 is 15.1 Å². The predicted molar refractivity (Wildman–Crippen MR) is 79.0 cm³/mol. The van der Waals surface area contributed by atoms with E-state index in [2.05, 4.69) is 5.32 Å². The minimum atomic E-state index is -0.146. The standard InChI is InChI=1S/C14H14Cl2N2O2/c1-9(12-6-3-7-20-12)17-8-13(19)18-11-5-2-4-10(15)14(11)16/h2-7,9,17H,8H2,1H3,(H,18,19)/p+1/t9-/m1/s1. The van der Waals surface area contributed by atoms with Gasteiger partial charge in [0.25, 0.3) is 5.91 Å². The molecule has 4 nitrogen and oxygen atoms in total. The van der Waals surface area contributed by atoms with E-state index < -0.39 is 0 Å². The summed E-state index contributed by atoms with van der Waals surface area (Å²) in [7, 11) is 0. The van der Waals surface area contributed by atoms with Crippen LogP contribution in [0.25, 0.3) is 0 Å². The summed E-state index contributed by atoms with van der Waals surface area (Å²) in [5.41, 5.74) is 0.517. The van der Waals surface area contributed by atoms with Gasteiger partial charge in [0, 0.05) is 0 Å². The van der Waals surface area contributed by atoms with Crippen LogP contribution in [0, 0.1) is 0 Å². The van der Waals surface area contributed by atoms with Crippen molar-refractivity contribution in [2.45, 2.75) is 13.0 Å². The van der Waals surface area contributed by atoms with E-state index in [4.69, 9.17) is 27.6 Å². The lowest BCUT2D eigenvalue weighted by Crippen LogP contribution is -2.86. The van der Waals surface area contributed by atoms with Gasteiger partial charge in [-0.15, -0.1) is 0 Å². The van der Waals surface area contributed by atoms with Crippen LogP contribution in [0.1, 0.15) is 18.7 Å². The number of amides is 1. The number of benzene rings is 1. The Kier molecular flexibility index (Phi) is 5.06. The van der Waals surface area contributed by atoms with Crippen LogP contribution in [0.5, 0.6) is 0 Å². The average Bonchev–Trinajstić information content (AvgIpc) is 2.95. The molecule has 2 aromatic rings. The Morgan fingerprint density at radius 1 is 1.35 bits per heavy atom. The van der Waals surface area contributed by atoms with Gasteiger partial charge in [0.2, 0.25) is 0 Å². The van der Waals surface area contributed by atoms with Gasteiger partial charge in [-0.3, -0.25) is 4.79 Å². The van der Waals surface area contributed by atoms with Gasteiger partial charge in [0.05, 0.1) is 22.0 Å². The number of quaternary nitrogens is 1. The first-order valence-electron chi connectivity index (χ1n) is 6.18. The molecule has 1 heterocycles. The van der Waals surface area contributed by atoms with Crippen LogP contribution in [0.4, 0.5) is 5.69 Å². The SMILES string of the molecule is C[C@@H]([NH2+]CC(=O)Nc1cccc(Cl)c1Cl)c1ccco1. The molecule has 0 spiro atoms. The van der Waals surface area contributed by atoms with Crippen molar-refractivity contribution in [3.8, 4) is 0 Å². The summed E-state index contributed by atoms with van der Waals surface area (Å²) >= 11 is 11.9. The Hall–Kier alpha value is -1.49. The molecule has 0 radical (unpaired) electrons. The third kappa shape index (κ3) is 3.76. The molecular weight excluding hydrogens is 299 g/mol. The van der Waals surface area contributed by atoms with Crippen molar-refractivity contribution in [2.24, 2.45) is 0 Å². The molecule has 0 fully saturated rings. The molecule has 3 N–H and O–H groups in total. The molecule has 6 heteroatoms. The highest BCUT2D eigenvalue weighted by atomic mass is 35.5. The number of rotatable bonds is 5. The third-order valence-electron chi connectivity index (χ3n) is 2.87. The molecule has 0 unspecified atom stereocenters. The van der Waals surface area contributed by atoms with E-state index in [9.17, 15) is 4.79 Å². The predicted octanol–water partition coefficient (Wildman–Crippen LogP) is 2.85. The smallest absolute Gasteiger partial charge is 0.279 e. The Morgan fingerprint density at radius 3 is 2.85 bits per heavy atom. The van der Waals surface area contributed by atoms with E-state index in [1.807, 2.05) is 24.4 Å². The number of hydrogen-bond donors (Lipinski definition) is 2. The van der Waals surface area contributed by atoms with Gasteiger partial charge >= 0.3 is 0 Å². The number of anilines is 1. The van der Waals surface area contributed by atoms with Crippen molar-refractivity contribution in [3.05, 3.63) is 52.4 Å². The monoisotopic (exact) mass is 313 g/mol. The Labute approximate surface area is 127 Å². The highest BCUT2D eigenvalue weighted by Crippen LogP contribution is 2.29. The molecular formula is C14H15Cl2N2O2+. The lowest BCUT2D eigenvalue weighted by molar-refractivity contribution is -0.684. The second-order valence-corrected chi connectivity index (χ2v) is 5.18. The summed E-state index contributed by atoms with van der Waals surface area (Å²) in [6, 6.07) is 8.90. The fraction of sp³-hybridized carbons (Fsp3) is 0.214. The largest absolute Gasteiger partial charge is 0.463 e. The number of carbonyl (C=O) groups excluding carboxylic acids is 1. The lowest BCUT2D eigenvalue weighted by Gasteiger charge is -2.10. The summed E-state index contributed by atoms with van der Waals surface area (Å²) in [6.45, 7) is 2.24. The second kappa shape index (κ2) is 6.79. The fourth-order valence-electron chi connectivity index (χ4n) is 1.75. The Bertz CT molecular complexity index is 585. The summed E-state index contributed by atoms with van der Waals surface area (Å²) < 4.78 is 5.28. The number of furan rings is 1. The zero-order chi connectivity index (χ0) is 14.5. The number of halogens is 2. The first-order chi connectivity index (χ1) is 9.58. The van der Waals surface area contributed by atoms with E-state index in [0.717, 1.165) is 5.76 Å². The summed E-state index contributed by atoms with van der Waals surface area (Å²) in [6.07, 6.45) is 1.62. The second-order valence-electron chi connectivity index (χ2n) is 4.39. The van der Waals surface area contributed by atoms with E-state index in [1.54, 1.807) is 24.5 Å². The van der Waals surface area contributed by atoms with Gasteiger partial charge in [-0.05, 0) is 31.2 Å². The maximum absolute atomic E-state index is 11.9. The van der Waals surface area contributed by atoms with Gasteiger partial charge in [0.1, 0.15) is 6.04 Å². The number of nitrogens with one attached hydrogen (secondary N) is 1. The van der Waals surface area contributed by atoms with E-state index in [-0.39, 0.29) is 18.5 Å². The van der Waals surface area contributed by atoms with Crippen molar-refractivity contribution in [1.82, 2.24) is 0 Å². The highest BCUT2D eigenvalue weighted by molar-refractivity contribution is 6.43. The molecule has 0 saturated heterocycles. The first kappa shape index (κ1) is 14.9. The molecule has 0 saturated carbocycles. The molecule has 1 aromatic heterocycles. The van der Waals surface area contributed by atoms with Crippen LogP contribution in [-0.2, 0) is 4.79 Å². The molecule has 2 rings (SSSR count). The summed E-state index contributed by atoms with van der Waals surface area (Å²) in [4.78, 5) is 11.9. The van der Waals surface area contributed by atoms with Crippen LogP contribution in [0.3, 0.4) is 0 Å². The van der Waals surface area contributed by atoms with Crippen LogP contribution in [-0.4, -0.2) is 12.5 Å². The van der Waals surface area contributed by atoms with Crippen LogP contribution in [0.2, 0.25) is 10.0 Å². The molecule has 1 amide bonds. The van der Waals surface area contributed by atoms with E-state index in [0.29, 0.717) is 15.7 Å². The highest BCUT2D eigenvalue weighted by Gasteiger charge is 2.14. The van der Waals surface area contributed by atoms with Crippen LogP contribution < -0.4 is 10.6 Å². The lowest BCUT2D eigenvalue weighted by atomic mass is 10.2. The van der Waals surface area contributed by atoms with Crippen molar-refractivity contribution >= 4 is 34.8 Å². The Morgan fingerprint density at radius 2 is 2.15 bits per heavy atom. The average molecular weight is 314 g/mol. The first-order valence-corrected chi connectivity index (χ1v) is 6.94. The van der Waals surface area contributed by atoms with Crippen molar-refractivity contribution in [1.29, 1.82) is 0 Å². The van der Waals surface area contributed by atoms with Crippen molar-refractivity contribution in [2.75, 3.05) is 11.9 Å². The quantitative estimate of drug-likeness (QED) is 0.891. The minimum absolute atomic E-state index is 0.0746. The van der Waals surface area contributed by atoms with Gasteiger partial charge in [0.15, 0.2) is 12.3 Å². The maximum atomic E-state index is 11.9. The number of nitrogens with two attached hydrogens (primary N) is 1.